The van der Waals surface area contributed by atoms with Crippen LogP contribution in [-0.4, -0.2) is 4.57 Å². The normalized spacial score (nSPS) is 11.2. The topological polar surface area (TPSA) is 8.17 Å². The van der Waals surface area contributed by atoms with Crippen LogP contribution < -0.4 is 4.90 Å². The van der Waals surface area contributed by atoms with Gasteiger partial charge in [-0.15, -0.1) is 0 Å². The minimum atomic E-state index is 1.09. The molecule has 0 N–H and O–H groups in total. The van der Waals surface area contributed by atoms with Crippen LogP contribution in [0.5, 0.6) is 0 Å². The van der Waals surface area contributed by atoms with E-state index < -0.39 is 0 Å². The highest BCUT2D eigenvalue weighted by atomic mass is 15.1. The van der Waals surface area contributed by atoms with Crippen molar-refractivity contribution in [1.82, 2.24) is 4.57 Å². The van der Waals surface area contributed by atoms with Gasteiger partial charge >= 0.3 is 0 Å². The Balaban J connectivity index is 0.957. The molecule has 0 unspecified atom stereocenters. The average Bonchev–Trinajstić information content (AvgIpc) is 3.69. The molecule has 0 saturated heterocycles. The number of para-hydroxylation sites is 2. The van der Waals surface area contributed by atoms with Crippen molar-refractivity contribution in [3.63, 3.8) is 0 Å². The van der Waals surface area contributed by atoms with Gasteiger partial charge in [-0.25, -0.2) is 0 Å². The lowest BCUT2D eigenvalue weighted by molar-refractivity contribution is 1.18. The summed E-state index contributed by atoms with van der Waals surface area (Å²) in [5.41, 5.74) is 18.8. The molecule has 11 aromatic rings. The summed E-state index contributed by atoms with van der Waals surface area (Å²) >= 11 is 0. The molecule has 0 aliphatic carbocycles. The third-order valence-corrected chi connectivity index (χ3v) is 12.0. The van der Waals surface area contributed by atoms with Crippen LogP contribution in [0.2, 0.25) is 0 Å². The summed E-state index contributed by atoms with van der Waals surface area (Å²) in [6.45, 7) is 0. The number of anilines is 3. The molecule has 0 aliphatic heterocycles. The zero-order valence-electron chi connectivity index (χ0n) is 34.1. The van der Waals surface area contributed by atoms with Crippen molar-refractivity contribution in [2.24, 2.45) is 0 Å². The van der Waals surface area contributed by atoms with E-state index in [1.54, 1.807) is 0 Å². The SMILES string of the molecule is c1ccc(-c2cccc(-c3ccc(N(c4ccc(-c5cccc(-c6ccccc6)c5)cc4)c4ccc(-c5ccc6c(c5)c5ccccc5n6-c5ccccc5)cc4)cc3)c2)cc1. The van der Waals surface area contributed by atoms with Gasteiger partial charge in [0, 0.05) is 33.5 Å². The largest absolute Gasteiger partial charge is 0.311 e. The fourth-order valence-electron chi connectivity index (χ4n) is 8.88. The molecule has 0 amide bonds. The lowest BCUT2D eigenvalue weighted by Crippen LogP contribution is -2.09. The van der Waals surface area contributed by atoms with Crippen LogP contribution in [0, 0.1) is 0 Å². The van der Waals surface area contributed by atoms with Gasteiger partial charge in [-0.05, 0) is 134 Å². The van der Waals surface area contributed by atoms with Crippen LogP contribution in [0.1, 0.15) is 0 Å². The second-order valence-corrected chi connectivity index (χ2v) is 15.8. The first-order chi connectivity index (χ1) is 30.7. The van der Waals surface area contributed by atoms with E-state index in [0.717, 1.165) is 17.1 Å². The minimum Gasteiger partial charge on any atom is -0.311 e. The first-order valence-electron chi connectivity index (χ1n) is 21.2. The predicted octanol–water partition coefficient (Wildman–Crippen LogP) is 16.6. The highest BCUT2D eigenvalue weighted by Crippen LogP contribution is 2.40. The van der Waals surface area contributed by atoms with Gasteiger partial charge in [-0.1, -0.05) is 176 Å². The molecule has 2 nitrogen and oxygen atoms in total. The fraction of sp³-hybridized carbons (Fsp3) is 0. The van der Waals surface area contributed by atoms with Crippen molar-refractivity contribution in [2.45, 2.75) is 0 Å². The van der Waals surface area contributed by atoms with Crippen molar-refractivity contribution < 1.29 is 0 Å². The maximum Gasteiger partial charge on any atom is 0.0541 e. The summed E-state index contributed by atoms with van der Waals surface area (Å²) in [4.78, 5) is 2.36. The second kappa shape index (κ2) is 16.1. The molecular weight excluding hydrogens is 749 g/mol. The summed E-state index contributed by atoms with van der Waals surface area (Å²) in [6, 6.07) is 92.0. The van der Waals surface area contributed by atoms with Gasteiger partial charge in [0.2, 0.25) is 0 Å². The molecule has 0 fully saturated rings. The first-order valence-corrected chi connectivity index (χ1v) is 21.2. The number of nitrogens with zero attached hydrogens (tertiary/aromatic N) is 2. The van der Waals surface area contributed by atoms with E-state index in [1.165, 1.54) is 83.1 Å². The molecule has 0 atom stereocenters. The van der Waals surface area contributed by atoms with Crippen LogP contribution in [0.15, 0.2) is 255 Å². The van der Waals surface area contributed by atoms with Crippen molar-refractivity contribution in [1.29, 1.82) is 0 Å². The van der Waals surface area contributed by atoms with E-state index in [1.807, 2.05) is 0 Å². The summed E-state index contributed by atoms with van der Waals surface area (Å²) < 4.78 is 2.37. The van der Waals surface area contributed by atoms with E-state index in [-0.39, 0.29) is 0 Å². The van der Waals surface area contributed by atoms with Gasteiger partial charge in [0.1, 0.15) is 0 Å². The molecule has 0 saturated carbocycles. The Hall–Kier alpha value is -8.20. The molecule has 1 heterocycles. The summed E-state index contributed by atoms with van der Waals surface area (Å²) in [7, 11) is 0. The van der Waals surface area contributed by atoms with Crippen LogP contribution >= 0.6 is 0 Å². The summed E-state index contributed by atoms with van der Waals surface area (Å²) in [5.74, 6) is 0. The zero-order valence-corrected chi connectivity index (χ0v) is 34.1. The lowest BCUT2D eigenvalue weighted by Gasteiger charge is -2.26. The molecule has 1 aromatic heterocycles. The molecule has 11 rings (SSSR count). The molecule has 292 valence electrons. The Bertz CT molecular complexity index is 3170. The Morgan fingerprint density at radius 3 is 1.03 bits per heavy atom. The summed E-state index contributed by atoms with van der Waals surface area (Å²) in [5, 5.41) is 2.50. The van der Waals surface area contributed by atoms with Gasteiger partial charge in [-0.2, -0.15) is 0 Å². The standard InChI is InChI=1S/C60H42N2/c1-4-14-43(15-5-1)48-18-12-20-50(40-48)45-26-33-54(34-27-45)61(55-35-28-46(29-36-55)51-21-13-19-49(41-51)44-16-6-2-7-17-44)56-37-30-47(31-38-56)52-32-39-60-58(42-52)57-24-10-11-25-59(57)62(60)53-22-8-3-9-23-53/h1-42H. The molecule has 10 aromatic carbocycles. The van der Waals surface area contributed by atoms with Gasteiger partial charge in [0.25, 0.3) is 0 Å². The number of aromatic nitrogens is 1. The Morgan fingerprint density at radius 1 is 0.226 bits per heavy atom. The van der Waals surface area contributed by atoms with E-state index in [4.69, 9.17) is 0 Å². The lowest BCUT2D eigenvalue weighted by atomic mass is 9.98. The molecule has 62 heavy (non-hydrogen) atoms. The van der Waals surface area contributed by atoms with Gasteiger partial charge in [-0.3, -0.25) is 0 Å². The van der Waals surface area contributed by atoms with Crippen molar-refractivity contribution in [3.05, 3.63) is 255 Å². The third-order valence-electron chi connectivity index (χ3n) is 12.0. The van der Waals surface area contributed by atoms with Crippen molar-refractivity contribution in [2.75, 3.05) is 4.90 Å². The van der Waals surface area contributed by atoms with Crippen LogP contribution in [0.3, 0.4) is 0 Å². The number of benzene rings is 10. The Labute approximate surface area is 362 Å². The molecule has 0 bridgehead atoms. The Morgan fingerprint density at radius 2 is 0.565 bits per heavy atom. The third kappa shape index (κ3) is 7.04. The van der Waals surface area contributed by atoms with Crippen LogP contribution in [0.4, 0.5) is 17.1 Å². The molecule has 0 radical (unpaired) electrons. The molecule has 0 spiro atoms. The number of rotatable bonds is 9. The monoisotopic (exact) mass is 790 g/mol. The second-order valence-electron chi connectivity index (χ2n) is 15.8. The maximum absolute atomic E-state index is 2.37. The van der Waals surface area contributed by atoms with E-state index in [0.29, 0.717) is 0 Å². The first kappa shape index (κ1) is 36.8. The van der Waals surface area contributed by atoms with Gasteiger partial charge < -0.3 is 9.47 Å². The fourth-order valence-corrected chi connectivity index (χ4v) is 8.88. The summed E-state index contributed by atoms with van der Waals surface area (Å²) in [6.07, 6.45) is 0. The van der Waals surface area contributed by atoms with E-state index >= 15 is 0 Å². The molecule has 2 heteroatoms. The minimum absolute atomic E-state index is 1.09. The quantitative estimate of drug-likeness (QED) is 0.141. The highest BCUT2D eigenvalue weighted by molar-refractivity contribution is 6.10. The average molecular weight is 791 g/mol. The number of hydrogen-bond donors (Lipinski definition) is 0. The maximum atomic E-state index is 2.37. The smallest absolute Gasteiger partial charge is 0.0541 e. The van der Waals surface area contributed by atoms with E-state index in [2.05, 4.69) is 264 Å². The predicted molar refractivity (Wildman–Crippen MR) is 263 cm³/mol. The van der Waals surface area contributed by atoms with Crippen LogP contribution in [-0.2, 0) is 0 Å². The van der Waals surface area contributed by atoms with Gasteiger partial charge in [0.05, 0.1) is 11.0 Å². The number of hydrogen-bond acceptors (Lipinski definition) is 1. The zero-order chi connectivity index (χ0) is 41.2. The van der Waals surface area contributed by atoms with Gasteiger partial charge in [0.15, 0.2) is 0 Å². The number of fused-ring (bicyclic) bond motifs is 3. The van der Waals surface area contributed by atoms with Crippen LogP contribution in [0.25, 0.3) is 83.1 Å². The van der Waals surface area contributed by atoms with Crippen molar-refractivity contribution >= 4 is 38.9 Å². The Kier molecular flexibility index (Phi) is 9.57. The molecular formula is C60H42N2. The van der Waals surface area contributed by atoms with E-state index in [9.17, 15) is 0 Å². The van der Waals surface area contributed by atoms with Crippen molar-refractivity contribution in [3.8, 4) is 61.3 Å². The highest BCUT2D eigenvalue weighted by Gasteiger charge is 2.16. The molecule has 0 aliphatic rings.